The van der Waals surface area contributed by atoms with Gasteiger partial charge in [-0.1, -0.05) is 30.3 Å². The summed E-state index contributed by atoms with van der Waals surface area (Å²) in [6.45, 7) is 0. The predicted octanol–water partition coefficient (Wildman–Crippen LogP) is 1.29. The molecule has 0 radical (unpaired) electrons. The molecule has 0 aromatic heterocycles. The van der Waals surface area contributed by atoms with Crippen LogP contribution in [0.4, 0.5) is 11.4 Å². The molecule has 9 heteroatoms. The molecule has 2 aromatic carbocycles. The first-order chi connectivity index (χ1) is 13.0. The number of carbonyl (C=O) groups excluding carboxylic acids is 3. The van der Waals surface area contributed by atoms with Gasteiger partial charge in [0.05, 0.1) is 10.6 Å². The van der Waals surface area contributed by atoms with Crippen molar-refractivity contribution in [3.63, 3.8) is 0 Å². The Morgan fingerprint density at radius 1 is 1.04 bits per heavy atom. The fourth-order valence-corrected chi connectivity index (χ4v) is 3.19. The van der Waals surface area contributed by atoms with E-state index in [0.29, 0.717) is 5.56 Å². The van der Waals surface area contributed by atoms with Gasteiger partial charge in [-0.05, 0) is 12.1 Å². The molecule has 1 N–H and O–H groups in total. The molecule has 1 saturated heterocycles. The second-order valence-corrected chi connectivity index (χ2v) is 6.06. The van der Waals surface area contributed by atoms with Gasteiger partial charge < -0.3 is 0 Å². The molecular weight excluding hydrogens is 352 g/mol. The Balaban J connectivity index is 1.64. The van der Waals surface area contributed by atoms with Crippen molar-refractivity contribution in [1.82, 2.24) is 5.43 Å². The van der Waals surface area contributed by atoms with Crippen LogP contribution in [-0.2, 0) is 9.59 Å². The standard InChI is InChI=1S/C18H12N4O5/c23-16(10-4-2-1-3-5-10)14-13-15(20-19-14)18(25)21(17(13)24)11-6-8-12(9-7-11)22(26)27/h1-9,13,15,20H. The number of non-ortho nitro benzene ring substituents is 1. The Morgan fingerprint density at radius 3 is 2.33 bits per heavy atom. The molecule has 0 saturated carbocycles. The summed E-state index contributed by atoms with van der Waals surface area (Å²) in [5.41, 5.74) is 2.98. The highest BCUT2D eigenvalue weighted by Crippen LogP contribution is 2.32. The van der Waals surface area contributed by atoms with E-state index in [1.807, 2.05) is 0 Å². The minimum absolute atomic E-state index is 0.0195. The molecule has 0 bridgehead atoms. The lowest BCUT2D eigenvalue weighted by atomic mass is 9.93. The molecule has 2 unspecified atom stereocenters. The van der Waals surface area contributed by atoms with E-state index < -0.39 is 34.5 Å². The number of benzene rings is 2. The van der Waals surface area contributed by atoms with E-state index in [1.54, 1.807) is 30.3 Å². The van der Waals surface area contributed by atoms with Gasteiger partial charge >= 0.3 is 0 Å². The van der Waals surface area contributed by atoms with Gasteiger partial charge in [0.25, 0.3) is 11.6 Å². The zero-order chi connectivity index (χ0) is 19.1. The van der Waals surface area contributed by atoms with Crippen molar-refractivity contribution in [3.05, 3.63) is 70.3 Å². The van der Waals surface area contributed by atoms with Gasteiger partial charge in [-0.15, -0.1) is 0 Å². The molecule has 2 aromatic rings. The van der Waals surface area contributed by atoms with Crippen LogP contribution in [0.15, 0.2) is 59.7 Å². The molecule has 4 rings (SSSR count). The summed E-state index contributed by atoms with van der Waals surface area (Å²) in [6.07, 6.45) is 0. The maximum Gasteiger partial charge on any atom is 0.269 e. The lowest BCUT2D eigenvalue weighted by Crippen LogP contribution is -2.36. The maximum absolute atomic E-state index is 12.9. The molecule has 2 amide bonds. The van der Waals surface area contributed by atoms with Crippen molar-refractivity contribution < 1.29 is 19.3 Å². The Labute approximate surface area is 152 Å². The maximum atomic E-state index is 12.9. The number of nitro groups is 1. The van der Waals surface area contributed by atoms with Crippen LogP contribution >= 0.6 is 0 Å². The first kappa shape index (κ1) is 16.6. The Bertz CT molecular complexity index is 1000. The Morgan fingerprint density at radius 2 is 1.70 bits per heavy atom. The highest BCUT2D eigenvalue weighted by Gasteiger charge is 2.55. The minimum atomic E-state index is -1.03. The number of nitrogens with one attached hydrogen (secondary N) is 1. The summed E-state index contributed by atoms with van der Waals surface area (Å²) >= 11 is 0. The second kappa shape index (κ2) is 6.13. The molecular formula is C18H12N4O5. The highest BCUT2D eigenvalue weighted by atomic mass is 16.6. The molecule has 1 fully saturated rings. The van der Waals surface area contributed by atoms with E-state index in [0.717, 1.165) is 4.90 Å². The smallest absolute Gasteiger partial charge is 0.269 e. The summed E-state index contributed by atoms with van der Waals surface area (Å²) in [5.74, 6) is -2.60. The summed E-state index contributed by atoms with van der Waals surface area (Å²) in [4.78, 5) is 49.3. The summed E-state index contributed by atoms with van der Waals surface area (Å²) in [6, 6.07) is 12.5. The monoisotopic (exact) mass is 364 g/mol. The van der Waals surface area contributed by atoms with Crippen LogP contribution in [-0.4, -0.2) is 34.3 Å². The molecule has 2 aliphatic heterocycles. The number of hydrogen-bond acceptors (Lipinski definition) is 7. The van der Waals surface area contributed by atoms with E-state index >= 15 is 0 Å². The van der Waals surface area contributed by atoms with Gasteiger partial charge in [-0.25, -0.2) is 4.90 Å². The number of anilines is 1. The van der Waals surface area contributed by atoms with Crippen molar-refractivity contribution in [3.8, 4) is 0 Å². The molecule has 9 nitrogen and oxygen atoms in total. The molecule has 134 valence electrons. The van der Waals surface area contributed by atoms with Crippen molar-refractivity contribution >= 4 is 34.7 Å². The number of rotatable bonds is 4. The van der Waals surface area contributed by atoms with Crippen LogP contribution in [0.1, 0.15) is 10.4 Å². The first-order valence-electron chi connectivity index (χ1n) is 8.04. The largest absolute Gasteiger partial charge is 0.296 e. The van der Waals surface area contributed by atoms with E-state index in [4.69, 9.17) is 0 Å². The molecule has 2 heterocycles. The molecule has 0 spiro atoms. The number of nitrogens with zero attached hydrogens (tertiary/aromatic N) is 3. The first-order valence-corrected chi connectivity index (χ1v) is 8.04. The Hall–Kier alpha value is -3.88. The Kier molecular flexibility index (Phi) is 3.76. The van der Waals surface area contributed by atoms with Gasteiger partial charge in [0, 0.05) is 17.7 Å². The topological polar surface area (TPSA) is 122 Å². The number of amides is 2. The average molecular weight is 364 g/mol. The minimum Gasteiger partial charge on any atom is -0.296 e. The number of imide groups is 1. The van der Waals surface area contributed by atoms with Crippen LogP contribution in [0, 0.1) is 16.0 Å². The summed E-state index contributed by atoms with van der Waals surface area (Å²) in [5, 5.41) is 14.7. The normalized spacial score (nSPS) is 20.9. The molecule has 2 aliphatic rings. The van der Waals surface area contributed by atoms with Gasteiger partial charge in [-0.2, -0.15) is 5.10 Å². The number of hydrazone groups is 1. The van der Waals surface area contributed by atoms with Gasteiger partial charge in [-0.3, -0.25) is 29.9 Å². The van der Waals surface area contributed by atoms with Crippen molar-refractivity contribution in [2.45, 2.75) is 6.04 Å². The summed E-state index contributed by atoms with van der Waals surface area (Å²) in [7, 11) is 0. The van der Waals surface area contributed by atoms with E-state index in [1.165, 1.54) is 24.3 Å². The van der Waals surface area contributed by atoms with E-state index in [9.17, 15) is 24.5 Å². The number of fused-ring (bicyclic) bond motifs is 1. The summed E-state index contributed by atoms with van der Waals surface area (Å²) < 4.78 is 0. The van der Waals surface area contributed by atoms with Crippen molar-refractivity contribution in [2.24, 2.45) is 11.0 Å². The van der Waals surface area contributed by atoms with Gasteiger partial charge in [0.15, 0.2) is 0 Å². The third-order valence-electron chi connectivity index (χ3n) is 4.51. The van der Waals surface area contributed by atoms with Gasteiger partial charge in [0.1, 0.15) is 17.7 Å². The third kappa shape index (κ3) is 2.56. The van der Waals surface area contributed by atoms with Crippen molar-refractivity contribution in [1.29, 1.82) is 0 Å². The van der Waals surface area contributed by atoms with Crippen LogP contribution in [0.25, 0.3) is 0 Å². The number of carbonyl (C=O) groups is 3. The van der Waals surface area contributed by atoms with E-state index in [2.05, 4.69) is 10.5 Å². The fraction of sp³-hybridized carbons (Fsp3) is 0.111. The van der Waals surface area contributed by atoms with Crippen LogP contribution in [0.3, 0.4) is 0 Å². The molecule has 0 aliphatic carbocycles. The third-order valence-corrected chi connectivity index (χ3v) is 4.51. The number of ketones is 1. The quantitative estimate of drug-likeness (QED) is 0.378. The lowest BCUT2D eigenvalue weighted by molar-refractivity contribution is -0.384. The van der Waals surface area contributed by atoms with Crippen LogP contribution < -0.4 is 10.3 Å². The lowest BCUT2D eigenvalue weighted by Gasteiger charge is -2.15. The zero-order valence-electron chi connectivity index (χ0n) is 13.7. The number of nitro benzene ring substituents is 1. The van der Waals surface area contributed by atoms with Crippen LogP contribution in [0.5, 0.6) is 0 Å². The van der Waals surface area contributed by atoms with Crippen molar-refractivity contribution in [2.75, 3.05) is 4.90 Å². The number of hydrogen-bond donors (Lipinski definition) is 1. The molecule has 2 atom stereocenters. The fourth-order valence-electron chi connectivity index (χ4n) is 3.19. The zero-order valence-corrected chi connectivity index (χ0v) is 13.7. The highest BCUT2D eigenvalue weighted by molar-refractivity contribution is 6.52. The van der Waals surface area contributed by atoms with Gasteiger partial charge in [0.2, 0.25) is 11.7 Å². The SMILES string of the molecule is O=C(C1=NNC2C(=O)N(c3ccc([N+](=O)[O-])cc3)C(=O)C12)c1ccccc1. The number of Topliss-reactive ketones (excluding diaryl/α,β-unsaturated/α-hetero) is 1. The predicted molar refractivity (Wildman–Crippen MR) is 94.2 cm³/mol. The second-order valence-electron chi connectivity index (χ2n) is 6.06. The molecule has 27 heavy (non-hydrogen) atoms. The van der Waals surface area contributed by atoms with E-state index in [-0.39, 0.29) is 17.1 Å². The van der Waals surface area contributed by atoms with Crippen LogP contribution in [0.2, 0.25) is 0 Å². The average Bonchev–Trinajstić information content (AvgIpc) is 3.22.